The Morgan fingerprint density at radius 3 is 2.74 bits per heavy atom. The van der Waals surface area contributed by atoms with E-state index < -0.39 is 4.92 Å². The average molecular weight is 264 g/mol. The average Bonchev–Trinajstić information content (AvgIpc) is 2.93. The van der Waals surface area contributed by atoms with Crippen LogP contribution in [0.1, 0.15) is 19.3 Å². The van der Waals surface area contributed by atoms with Crippen LogP contribution in [-0.4, -0.2) is 40.3 Å². The Balaban J connectivity index is 1.75. The molecule has 102 valence electrons. The molecule has 2 rings (SSSR count). The van der Waals surface area contributed by atoms with Gasteiger partial charge >= 0.3 is 0 Å². The molecule has 1 fully saturated rings. The number of nitrogens with zero attached hydrogens (tertiary/aromatic N) is 3. The van der Waals surface area contributed by atoms with Crippen molar-refractivity contribution in [3.8, 4) is 0 Å². The van der Waals surface area contributed by atoms with Gasteiger partial charge in [-0.25, -0.2) is 4.98 Å². The number of anilines is 1. The van der Waals surface area contributed by atoms with Gasteiger partial charge in [-0.15, -0.1) is 0 Å². The van der Waals surface area contributed by atoms with Gasteiger partial charge < -0.3 is 10.2 Å². The van der Waals surface area contributed by atoms with Crippen LogP contribution in [0.2, 0.25) is 0 Å². The van der Waals surface area contributed by atoms with Crippen molar-refractivity contribution in [3.63, 3.8) is 0 Å². The fourth-order valence-corrected chi connectivity index (χ4v) is 2.02. The molecule has 0 bridgehead atoms. The van der Waals surface area contributed by atoms with Crippen molar-refractivity contribution in [1.82, 2.24) is 9.88 Å². The smallest absolute Gasteiger partial charge is 0.287 e. The minimum absolute atomic E-state index is 0.0429. The lowest BCUT2D eigenvalue weighted by molar-refractivity contribution is -0.385. The number of hydrogen-bond acceptors (Lipinski definition) is 5. The van der Waals surface area contributed by atoms with E-state index in [9.17, 15) is 14.9 Å². The molecule has 1 N–H and O–H groups in total. The molecular formula is C12H16N4O3. The van der Waals surface area contributed by atoms with Crippen LogP contribution in [0.5, 0.6) is 0 Å². The van der Waals surface area contributed by atoms with Crippen molar-refractivity contribution >= 4 is 17.4 Å². The van der Waals surface area contributed by atoms with E-state index in [1.54, 1.807) is 6.07 Å². The first kappa shape index (κ1) is 13.3. The first-order valence-corrected chi connectivity index (χ1v) is 6.29. The molecule has 1 amide bonds. The van der Waals surface area contributed by atoms with Gasteiger partial charge in [-0.05, 0) is 18.9 Å². The fraction of sp³-hybridized carbons (Fsp3) is 0.500. The van der Waals surface area contributed by atoms with E-state index in [0.717, 1.165) is 25.9 Å². The topological polar surface area (TPSA) is 88.4 Å². The molecular weight excluding hydrogens is 248 g/mol. The summed E-state index contributed by atoms with van der Waals surface area (Å²) in [7, 11) is 0. The number of aromatic nitrogens is 1. The summed E-state index contributed by atoms with van der Waals surface area (Å²) in [5.41, 5.74) is -0.0429. The van der Waals surface area contributed by atoms with Gasteiger partial charge in [0, 0.05) is 32.1 Å². The summed E-state index contributed by atoms with van der Waals surface area (Å²) in [6.45, 7) is 2.20. The maximum Gasteiger partial charge on any atom is 0.287 e. The van der Waals surface area contributed by atoms with Crippen molar-refractivity contribution in [2.24, 2.45) is 0 Å². The molecule has 1 aliphatic rings. The Morgan fingerprint density at radius 1 is 1.42 bits per heavy atom. The summed E-state index contributed by atoms with van der Waals surface area (Å²) in [5.74, 6) is 0.687. The van der Waals surface area contributed by atoms with Gasteiger partial charge in [0.2, 0.25) is 5.91 Å². The first-order valence-electron chi connectivity index (χ1n) is 6.29. The highest BCUT2D eigenvalue weighted by atomic mass is 16.6. The number of carbonyl (C=O) groups is 1. The lowest BCUT2D eigenvalue weighted by Crippen LogP contribution is -2.29. The largest absolute Gasteiger partial charge is 0.370 e. The van der Waals surface area contributed by atoms with E-state index in [4.69, 9.17) is 0 Å². The molecule has 0 aliphatic carbocycles. The number of pyridine rings is 1. The van der Waals surface area contributed by atoms with Crippen LogP contribution < -0.4 is 5.32 Å². The molecule has 7 heteroatoms. The molecule has 19 heavy (non-hydrogen) atoms. The van der Waals surface area contributed by atoms with Gasteiger partial charge in [-0.2, -0.15) is 0 Å². The zero-order valence-corrected chi connectivity index (χ0v) is 10.5. The quantitative estimate of drug-likeness (QED) is 0.641. The van der Waals surface area contributed by atoms with E-state index in [2.05, 4.69) is 10.3 Å². The third kappa shape index (κ3) is 3.64. The van der Waals surface area contributed by atoms with Gasteiger partial charge in [0.05, 0.1) is 4.92 Å². The van der Waals surface area contributed by atoms with Crippen LogP contribution in [0.3, 0.4) is 0 Å². The summed E-state index contributed by atoms with van der Waals surface area (Å²) < 4.78 is 0. The third-order valence-electron chi connectivity index (χ3n) is 3.06. The molecule has 0 radical (unpaired) electrons. The fourth-order valence-electron chi connectivity index (χ4n) is 2.02. The van der Waals surface area contributed by atoms with E-state index in [0.29, 0.717) is 18.8 Å². The minimum Gasteiger partial charge on any atom is -0.370 e. The second-order valence-corrected chi connectivity index (χ2v) is 4.42. The van der Waals surface area contributed by atoms with E-state index in [1.807, 2.05) is 4.90 Å². The monoisotopic (exact) mass is 264 g/mol. The van der Waals surface area contributed by atoms with Gasteiger partial charge in [-0.1, -0.05) is 0 Å². The Kier molecular flexibility index (Phi) is 4.27. The SMILES string of the molecule is O=C(CCNc1ccc([N+](=O)[O-])cn1)N1CCCC1. The van der Waals surface area contributed by atoms with Crippen molar-refractivity contribution in [3.05, 3.63) is 28.4 Å². The molecule has 0 atom stereocenters. The summed E-state index contributed by atoms with van der Waals surface area (Å²) in [6, 6.07) is 2.93. The van der Waals surface area contributed by atoms with Crippen molar-refractivity contribution in [1.29, 1.82) is 0 Å². The molecule has 0 saturated carbocycles. The Morgan fingerprint density at radius 2 is 2.16 bits per heavy atom. The van der Waals surface area contributed by atoms with Crippen LogP contribution >= 0.6 is 0 Å². The summed E-state index contributed by atoms with van der Waals surface area (Å²) in [4.78, 5) is 27.5. The Labute approximate surface area is 110 Å². The maximum atomic E-state index is 11.8. The lowest BCUT2D eigenvalue weighted by atomic mass is 10.3. The number of amides is 1. The molecule has 1 aliphatic heterocycles. The molecule has 1 aromatic rings. The summed E-state index contributed by atoms with van der Waals surface area (Å²) in [6.07, 6.45) is 3.79. The second-order valence-electron chi connectivity index (χ2n) is 4.42. The molecule has 7 nitrogen and oxygen atoms in total. The van der Waals surface area contributed by atoms with E-state index >= 15 is 0 Å². The molecule has 0 spiro atoms. The predicted octanol–water partition coefficient (Wildman–Crippen LogP) is 1.41. The number of nitrogens with one attached hydrogen (secondary N) is 1. The van der Waals surface area contributed by atoms with Gasteiger partial charge in [0.15, 0.2) is 0 Å². The van der Waals surface area contributed by atoms with Crippen molar-refractivity contribution in [2.45, 2.75) is 19.3 Å². The first-order chi connectivity index (χ1) is 9.16. The Hall–Kier alpha value is -2.18. The van der Waals surface area contributed by atoms with Crippen LogP contribution in [0.4, 0.5) is 11.5 Å². The molecule has 1 aromatic heterocycles. The van der Waals surface area contributed by atoms with Crippen LogP contribution in [0.15, 0.2) is 18.3 Å². The number of likely N-dealkylation sites (tertiary alicyclic amines) is 1. The highest BCUT2D eigenvalue weighted by Crippen LogP contribution is 2.12. The molecule has 1 saturated heterocycles. The van der Waals surface area contributed by atoms with Gasteiger partial charge in [-0.3, -0.25) is 14.9 Å². The zero-order valence-electron chi connectivity index (χ0n) is 10.5. The van der Waals surface area contributed by atoms with Crippen molar-refractivity contribution < 1.29 is 9.72 Å². The summed E-state index contributed by atoms with van der Waals surface area (Å²) in [5, 5.41) is 13.4. The van der Waals surface area contributed by atoms with Gasteiger partial charge in [0.25, 0.3) is 5.69 Å². The van der Waals surface area contributed by atoms with E-state index in [-0.39, 0.29) is 11.6 Å². The Bertz CT molecular complexity index is 455. The van der Waals surface area contributed by atoms with Gasteiger partial charge in [0.1, 0.15) is 12.0 Å². The lowest BCUT2D eigenvalue weighted by Gasteiger charge is -2.15. The van der Waals surface area contributed by atoms with Crippen molar-refractivity contribution in [2.75, 3.05) is 25.0 Å². The highest BCUT2D eigenvalue weighted by molar-refractivity contribution is 5.76. The van der Waals surface area contributed by atoms with Crippen LogP contribution in [0, 0.1) is 10.1 Å². The predicted molar refractivity (Wildman–Crippen MR) is 69.8 cm³/mol. The molecule has 0 aromatic carbocycles. The molecule has 2 heterocycles. The zero-order chi connectivity index (χ0) is 13.7. The molecule has 0 unspecified atom stereocenters. The summed E-state index contributed by atoms with van der Waals surface area (Å²) >= 11 is 0. The normalized spacial score (nSPS) is 14.4. The third-order valence-corrected chi connectivity index (χ3v) is 3.06. The van der Waals surface area contributed by atoms with E-state index in [1.165, 1.54) is 12.3 Å². The number of nitro groups is 1. The highest BCUT2D eigenvalue weighted by Gasteiger charge is 2.17. The number of carbonyl (C=O) groups excluding carboxylic acids is 1. The number of hydrogen-bond donors (Lipinski definition) is 1. The number of rotatable bonds is 5. The second kappa shape index (κ2) is 6.12. The maximum absolute atomic E-state index is 11.8. The van der Waals surface area contributed by atoms with Crippen LogP contribution in [0.25, 0.3) is 0 Å². The minimum atomic E-state index is -0.492. The van der Waals surface area contributed by atoms with Crippen LogP contribution in [-0.2, 0) is 4.79 Å². The standard InChI is InChI=1S/C12H16N4O3/c17-12(15-7-1-2-8-15)5-6-13-11-4-3-10(9-14-11)16(18)19/h3-4,9H,1-2,5-8H2,(H,13,14).